The molecule has 19 heavy (non-hydrogen) atoms. The van der Waals surface area contributed by atoms with Crippen molar-refractivity contribution < 1.29 is 9.53 Å². The minimum atomic E-state index is -0.444. The van der Waals surface area contributed by atoms with Crippen molar-refractivity contribution in [3.63, 3.8) is 0 Å². The Hall–Kier alpha value is -1.04. The summed E-state index contributed by atoms with van der Waals surface area (Å²) >= 11 is 10.7. The number of hydrogen-bond acceptors (Lipinski definition) is 3. The molecule has 6 heteroatoms. The zero-order valence-electron chi connectivity index (χ0n) is 9.86. The van der Waals surface area contributed by atoms with Gasteiger partial charge in [0.25, 0.3) is 0 Å². The van der Waals surface area contributed by atoms with Crippen LogP contribution in [0.4, 0.5) is 4.79 Å². The number of carbonyl (C=O) groups excluding carboxylic acids is 1. The van der Waals surface area contributed by atoms with Crippen molar-refractivity contribution in [2.24, 2.45) is 0 Å². The second-order valence-electron chi connectivity index (χ2n) is 3.74. The lowest BCUT2D eigenvalue weighted by Gasteiger charge is -2.06. The minimum absolute atomic E-state index is 0.263. The largest absolute Gasteiger partial charge is 0.445 e. The van der Waals surface area contributed by atoms with E-state index in [-0.39, 0.29) is 6.61 Å². The van der Waals surface area contributed by atoms with Crippen LogP contribution in [0.5, 0.6) is 0 Å². The van der Waals surface area contributed by atoms with E-state index in [0.29, 0.717) is 10.9 Å². The molecule has 0 spiro atoms. The Bertz CT molecular complexity index is 559. The van der Waals surface area contributed by atoms with Crippen molar-refractivity contribution in [2.45, 2.75) is 13.2 Å². The Labute approximate surface area is 128 Å². The predicted molar refractivity (Wildman–Crippen MR) is 80.5 cm³/mol. The molecule has 3 nitrogen and oxygen atoms in total. The van der Waals surface area contributed by atoms with Crippen LogP contribution in [0.25, 0.3) is 0 Å². The van der Waals surface area contributed by atoms with E-state index in [4.69, 9.17) is 16.3 Å². The maximum atomic E-state index is 11.5. The molecular formula is C13H11BrClNO2S. The van der Waals surface area contributed by atoms with Gasteiger partial charge in [0.1, 0.15) is 6.61 Å². The molecule has 1 N–H and O–H groups in total. The van der Waals surface area contributed by atoms with Gasteiger partial charge in [-0.05, 0) is 27.6 Å². The van der Waals surface area contributed by atoms with Crippen molar-refractivity contribution >= 4 is 45.0 Å². The van der Waals surface area contributed by atoms with E-state index in [1.54, 1.807) is 6.07 Å². The summed E-state index contributed by atoms with van der Waals surface area (Å²) in [4.78, 5) is 12.5. The van der Waals surface area contributed by atoms with Crippen LogP contribution >= 0.6 is 38.9 Å². The summed E-state index contributed by atoms with van der Waals surface area (Å²) in [6.45, 7) is 0.657. The number of rotatable bonds is 4. The van der Waals surface area contributed by atoms with Gasteiger partial charge in [-0.15, -0.1) is 11.3 Å². The first-order valence-electron chi connectivity index (χ1n) is 5.53. The molecule has 0 aliphatic rings. The summed E-state index contributed by atoms with van der Waals surface area (Å²) in [5.74, 6) is 0. The van der Waals surface area contributed by atoms with Crippen LogP contribution in [0.3, 0.4) is 0 Å². The Kier molecular flexibility index (Phi) is 5.24. The topological polar surface area (TPSA) is 38.3 Å². The quantitative estimate of drug-likeness (QED) is 0.866. The maximum Gasteiger partial charge on any atom is 0.407 e. The third-order valence-corrected chi connectivity index (χ3v) is 4.57. The van der Waals surface area contributed by atoms with E-state index in [1.165, 1.54) is 11.3 Å². The molecule has 0 bridgehead atoms. The van der Waals surface area contributed by atoms with Crippen molar-refractivity contribution in [3.05, 3.63) is 55.6 Å². The highest BCUT2D eigenvalue weighted by atomic mass is 79.9. The van der Waals surface area contributed by atoms with E-state index in [0.717, 1.165) is 14.9 Å². The standard InChI is InChI=1S/C13H11BrClNO2S/c14-10-6-12(15)19-11(10)7-16-13(17)18-8-9-4-2-1-3-5-9/h1-6H,7-8H2,(H,16,17). The number of carbonyl (C=O) groups is 1. The fraction of sp³-hybridized carbons (Fsp3) is 0.154. The fourth-order valence-corrected chi connectivity index (χ4v) is 3.42. The molecular weight excluding hydrogens is 350 g/mol. The Balaban J connectivity index is 1.77. The number of thiophene rings is 1. The number of nitrogens with one attached hydrogen (secondary N) is 1. The van der Waals surface area contributed by atoms with Gasteiger partial charge >= 0.3 is 6.09 Å². The first kappa shape index (κ1) is 14.4. The molecule has 0 atom stereocenters. The zero-order valence-corrected chi connectivity index (χ0v) is 13.0. The summed E-state index contributed by atoms with van der Waals surface area (Å²) in [6.07, 6.45) is -0.444. The molecule has 0 saturated carbocycles. The first-order valence-corrected chi connectivity index (χ1v) is 7.52. The van der Waals surface area contributed by atoms with Gasteiger partial charge in [-0.2, -0.15) is 0 Å². The minimum Gasteiger partial charge on any atom is -0.445 e. The summed E-state index contributed by atoms with van der Waals surface area (Å²) in [7, 11) is 0. The maximum absolute atomic E-state index is 11.5. The fourth-order valence-electron chi connectivity index (χ4n) is 1.42. The third kappa shape index (κ3) is 4.53. The van der Waals surface area contributed by atoms with Crippen molar-refractivity contribution in [2.75, 3.05) is 0 Å². The van der Waals surface area contributed by atoms with Crippen LogP contribution in [0.15, 0.2) is 40.9 Å². The molecule has 0 unspecified atom stereocenters. The van der Waals surface area contributed by atoms with Gasteiger partial charge in [0.05, 0.1) is 10.9 Å². The average Bonchev–Trinajstić information content (AvgIpc) is 2.73. The normalized spacial score (nSPS) is 10.2. The van der Waals surface area contributed by atoms with E-state index in [2.05, 4.69) is 21.2 Å². The Morgan fingerprint density at radius 1 is 1.37 bits per heavy atom. The highest BCUT2D eigenvalue weighted by Crippen LogP contribution is 2.30. The lowest BCUT2D eigenvalue weighted by molar-refractivity contribution is 0.139. The molecule has 2 rings (SSSR count). The van der Waals surface area contributed by atoms with Gasteiger partial charge in [0, 0.05) is 9.35 Å². The highest BCUT2D eigenvalue weighted by molar-refractivity contribution is 9.10. The number of halogens is 2. The molecule has 1 amide bonds. The molecule has 1 heterocycles. The number of alkyl carbamates (subject to hydrolysis) is 1. The Morgan fingerprint density at radius 3 is 2.74 bits per heavy atom. The molecule has 100 valence electrons. The molecule has 1 aromatic carbocycles. The van der Waals surface area contributed by atoms with Crippen LogP contribution in [0.1, 0.15) is 10.4 Å². The van der Waals surface area contributed by atoms with Crippen LogP contribution in [0.2, 0.25) is 4.34 Å². The third-order valence-electron chi connectivity index (χ3n) is 2.33. The smallest absolute Gasteiger partial charge is 0.407 e. The number of hydrogen-bond donors (Lipinski definition) is 1. The summed E-state index contributed by atoms with van der Waals surface area (Å²) in [6, 6.07) is 11.3. The summed E-state index contributed by atoms with van der Waals surface area (Å²) < 4.78 is 6.68. The summed E-state index contributed by atoms with van der Waals surface area (Å²) in [5, 5.41) is 2.68. The van der Waals surface area contributed by atoms with Gasteiger partial charge in [-0.25, -0.2) is 4.79 Å². The van der Waals surface area contributed by atoms with Gasteiger partial charge in [0.15, 0.2) is 0 Å². The van der Waals surface area contributed by atoms with E-state index in [1.807, 2.05) is 30.3 Å². The number of benzene rings is 1. The van der Waals surface area contributed by atoms with E-state index >= 15 is 0 Å². The van der Waals surface area contributed by atoms with Crippen LogP contribution in [0, 0.1) is 0 Å². The molecule has 0 aliphatic carbocycles. The number of amides is 1. The highest BCUT2D eigenvalue weighted by Gasteiger charge is 2.08. The van der Waals surface area contributed by atoms with Gasteiger partial charge < -0.3 is 10.1 Å². The monoisotopic (exact) mass is 359 g/mol. The van der Waals surface area contributed by atoms with E-state index < -0.39 is 6.09 Å². The molecule has 0 aliphatic heterocycles. The van der Waals surface area contributed by atoms with Gasteiger partial charge in [-0.3, -0.25) is 0 Å². The molecule has 0 fully saturated rings. The van der Waals surface area contributed by atoms with Gasteiger partial charge in [-0.1, -0.05) is 41.9 Å². The second-order valence-corrected chi connectivity index (χ2v) is 6.36. The van der Waals surface area contributed by atoms with Crippen molar-refractivity contribution in [1.29, 1.82) is 0 Å². The average molecular weight is 361 g/mol. The van der Waals surface area contributed by atoms with Crippen molar-refractivity contribution in [1.82, 2.24) is 5.32 Å². The first-order chi connectivity index (χ1) is 9.15. The van der Waals surface area contributed by atoms with Crippen LogP contribution in [-0.2, 0) is 17.9 Å². The van der Waals surface area contributed by atoms with Crippen LogP contribution in [-0.4, -0.2) is 6.09 Å². The SMILES string of the molecule is O=C(NCc1sc(Cl)cc1Br)OCc1ccccc1. The molecule has 0 saturated heterocycles. The zero-order chi connectivity index (χ0) is 13.7. The van der Waals surface area contributed by atoms with Gasteiger partial charge in [0.2, 0.25) is 0 Å². The van der Waals surface area contributed by atoms with Crippen LogP contribution < -0.4 is 5.32 Å². The number of ether oxygens (including phenoxy) is 1. The predicted octanol–water partition coefficient (Wildman–Crippen LogP) is 4.59. The lowest BCUT2D eigenvalue weighted by atomic mass is 10.2. The molecule has 1 aromatic heterocycles. The molecule has 2 aromatic rings. The van der Waals surface area contributed by atoms with E-state index in [9.17, 15) is 4.79 Å². The Morgan fingerprint density at radius 2 is 2.11 bits per heavy atom. The second kappa shape index (κ2) is 6.93. The van der Waals surface area contributed by atoms with Crippen molar-refractivity contribution in [3.8, 4) is 0 Å². The molecule has 0 radical (unpaired) electrons. The summed E-state index contributed by atoms with van der Waals surface area (Å²) in [5.41, 5.74) is 0.956. The lowest BCUT2D eigenvalue weighted by Crippen LogP contribution is -2.23.